The van der Waals surface area contributed by atoms with Crippen molar-refractivity contribution in [3.8, 4) is 11.6 Å². The fourth-order valence-corrected chi connectivity index (χ4v) is 4.46. The van der Waals surface area contributed by atoms with Crippen LogP contribution < -0.4 is 14.8 Å². The molecule has 31 heavy (non-hydrogen) atoms. The van der Waals surface area contributed by atoms with Crippen LogP contribution in [0.25, 0.3) is 0 Å². The fraction of sp³-hybridized carbons (Fsp3) is 0.217. The minimum atomic E-state index is -3.76. The van der Waals surface area contributed by atoms with Gasteiger partial charge in [-0.15, -0.1) is 0 Å². The highest BCUT2D eigenvalue weighted by molar-refractivity contribution is 7.92. The third kappa shape index (κ3) is 5.03. The van der Waals surface area contributed by atoms with Gasteiger partial charge in [-0.3, -0.25) is 9.52 Å². The van der Waals surface area contributed by atoms with E-state index in [-0.39, 0.29) is 22.7 Å². The molecule has 2 N–H and O–H groups in total. The second kappa shape index (κ2) is 8.39. The monoisotopic (exact) mass is 437 g/mol. The van der Waals surface area contributed by atoms with Gasteiger partial charge in [0, 0.05) is 18.3 Å². The number of hydrogen-bond donors (Lipinski definition) is 2. The van der Waals surface area contributed by atoms with Gasteiger partial charge in [0.25, 0.3) is 15.9 Å². The molecule has 0 spiro atoms. The van der Waals surface area contributed by atoms with Crippen molar-refractivity contribution in [2.75, 3.05) is 4.72 Å². The van der Waals surface area contributed by atoms with E-state index in [1.807, 2.05) is 13.0 Å². The van der Waals surface area contributed by atoms with Gasteiger partial charge in [-0.2, -0.15) is 0 Å². The van der Waals surface area contributed by atoms with Crippen molar-refractivity contribution < 1.29 is 17.9 Å². The van der Waals surface area contributed by atoms with Crippen LogP contribution in [0.1, 0.15) is 34.3 Å². The molecule has 8 heteroatoms. The number of aromatic nitrogens is 1. The normalized spacial score (nSPS) is 13.5. The highest BCUT2D eigenvalue weighted by Gasteiger charge is 2.25. The van der Waals surface area contributed by atoms with Gasteiger partial charge in [-0.1, -0.05) is 23.8 Å². The van der Waals surface area contributed by atoms with Crippen LogP contribution in [-0.2, 0) is 10.0 Å². The molecule has 1 aliphatic rings. The molecule has 1 aromatic heterocycles. The number of benzene rings is 2. The van der Waals surface area contributed by atoms with Crippen LogP contribution in [0, 0.1) is 13.8 Å². The van der Waals surface area contributed by atoms with E-state index < -0.39 is 10.0 Å². The zero-order chi connectivity index (χ0) is 22.0. The molecule has 1 fully saturated rings. The second-order valence-electron chi connectivity index (χ2n) is 7.61. The van der Waals surface area contributed by atoms with Crippen LogP contribution >= 0.6 is 0 Å². The molecule has 0 aliphatic heterocycles. The first-order chi connectivity index (χ1) is 14.8. The smallest absolute Gasteiger partial charge is 0.262 e. The molecule has 1 saturated carbocycles. The Kier molecular flexibility index (Phi) is 5.65. The number of nitrogens with one attached hydrogen (secondary N) is 2. The van der Waals surface area contributed by atoms with Gasteiger partial charge in [0.1, 0.15) is 11.3 Å². The molecule has 7 nitrogen and oxygen atoms in total. The first kappa shape index (κ1) is 20.9. The van der Waals surface area contributed by atoms with Crippen molar-refractivity contribution >= 4 is 21.6 Å². The number of anilines is 1. The van der Waals surface area contributed by atoms with Crippen molar-refractivity contribution in [2.45, 2.75) is 37.6 Å². The zero-order valence-corrected chi connectivity index (χ0v) is 18.1. The predicted octanol–water partition coefficient (Wildman–Crippen LogP) is 4.18. The van der Waals surface area contributed by atoms with Crippen LogP contribution in [0.4, 0.5) is 5.69 Å². The summed E-state index contributed by atoms with van der Waals surface area (Å²) in [6.45, 7) is 3.67. The van der Waals surface area contributed by atoms with E-state index >= 15 is 0 Å². The standard InChI is InChI=1S/C23H23N3O4S/c1-15-8-11-21(16(2)13-15)31(28,29)26-18-5-3-6-19(14-18)30-23-20(7-4-12-24-23)22(27)25-17-9-10-17/h3-8,11-14,17,26H,9-10H2,1-2H3,(H,25,27). The summed E-state index contributed by atoms with van der Waals surface area (Å²) in [6, 6.07) is 15.2. The van der Waals surface area contributed by atoms with E-state index in [0.717, 1.165) is 18.4 Å². The first-order valence-corrected chi connectivity index (χ1v) is 11.4. The zero-order valence-electron chi connectivity index (χ0n) is 17.3. The molecule has 0 atom stereocenters. The average molecular weight is 438 g/mol. The maximum Gasteiger partial charge on any atom is 0.262 e. The van der Waals surface area contributed by atoms with E-state index in [0.29, 0.717) is 22.6 Å². The Hall–Kier alpha value is -3.39. The summed E-state index contributed by atoms with van der Waals surface area (Å²) in [7, 11) is -3.76. The van der Waals surface area contributed by atoms with E-state index in [9.17, 15) is 13.2 Å². The maximum atomic E-state index is 12.8. The van der Waals surface area contributed by atoms with E-state index in [4.69, 9.17) is 4.74 Å². The number of pyridine rings is 1. The van der Waals surface area contributed by atoms with Gasteiger partial charge in [0.2, 0.25) is 5.88 Å². The molecule has 3 aromatic rings. The molecule has 0 radical (unpaired) electrons. The molecule has 1 heterocycles. The summed E-state index contributed by atoms with van der Waals surface area (Å²) in [4.78, 5) is 16.8. The molecule has 0 bridgehead atoms. The maximum absolute atomic E-state index is 12.8. The van der Waals surface area contributed by atoms with Gasteiger partial charge < -0.3 is 10.1 Å². The molecule has 0 unspecified atom stereocenters. The van der Waals surface area contributed by atoms with Crippen LogP contribution in [0.5, 0.6) is 11.6 Å². The van der Waals surface area contributed by atoms with Crippen molar-refractivity contribution in [1.82, 2.24) is 10.3 Å². The summed E-state index contributed by atoms with van der Waals surface area (Å²) >= 11 is 0. The minimum Gasteiger partial charge on any atom is -0.438 e. The molecule has 4 rings (SSSR count). The van der Waals surface area contributed by atoms with Gasteiger partial charge >= 0.3 is 0 Å². The van der Waals surface area contributed by atoms with Gasteiger partial charge in [-0.25, -0.2) is 13.4 Å². The Bertz CT molecular complexity index is 1240. The molecule has 1 aliphatic carbocycles. The van der Waals surface area contributed by atoms with Crippen LogP contribution in [-0.4, -0.2) is 25.4 Å². The lowest BCUT2D eigenvalue weighted by atomic mass is 10.2. The highest BCUT2D eigenvalue weighted by atomic mass is 32.2. The molecule has 0 saturated heterocycles. The molecular formula is C23H23N3O4S. The summed E-state index contributed by atoms with van der Waals surface area (Å²) in [5.41, 5.74) is 2.33. The van der Waals surface area contributed by atoms with Gasteiger partial charge in [0.05, 0.1) is 10.6 Å². The van der Waals surface area contributed by atoms with Crippen molar-refractivity contribution in [1.29, 1.82) is 0 Å². The fourth-order valence-electron chi connectivity index (χ4n) is 3.18. The van der Waals surface area contributed by atoms with E-state index in [1.54, 1.807) is 55.5 Å². The summed E-state index contributed by atoms with van der Waals surface area (Å²) in [5, 5.41) is 2.92. The van der Waals surface area contributed by atoms with E-state index in [2.05, 4.69) is 15.0 Å². The quantitative estimate of drug-likeness (QED) is 0.578. The third-order valence-electron chi connectivity index (χ3n) is 4.85. The lowest BCUT2D eigenvalue weighted by molar-refractivity contribution is 0.0948. The number of nitrogens with zero attached hydrogens (tertiary/aromatic N) is 1. The number of carbonyl (C=O) groups is 1. The number of rotatable bonds is 7. The van der Waals surface area contributed by atoms with Crippen LogP contribution in [0.15, 0.2) is 65.7 Å². The van der Waals surface area contributed by atoms with Crippen molar-refractivity contribution in [3.63, 3.8) is 0 Å². The van der Waals surface area contributed by atoms with Crippen molar-refractivity contribution in [2.24, 2.45) is 0 Å². The summed E-state index contributed by atoms with van der Waals surface area (Å²) < 4.78 is 34.1. The second-order valence-corrected chi connectivity index (χ2v) is 9.26. The largest absolute Gasteiger partial charge is 0.438 e. The van der Waals surface area contributed by atoms with Crippen LogP contribution in [0.2, 0.25) is 0 Å². The van der Waals surface area contributed by atoms with Crippen LogP contribution in [0.3, 0.4) is 0 Å². The SMILES string of the molecule is Cc1ccc(S(=O)(=O)Nc2cccc(Oc3ncccc3C(=O)NC3CC3)c2)c(C)c1. The third-order valence-corrected chi connectivity index (χ3v) is 6.39. The highest BCUT2D eigenvalue weighted by Crippen LogP contribution is 2.28. The Morgan fingerprint density at radius 1 is 1.06 bits per heavy atom. The average Bonchev–Trinajstić information content (AvgIpc) is 3.52. The molecule has 160 valence electrons. The number of sulfonamides is 1. The predicted molar refractivity (Wildman–Crippen MR) is 118 cm³/mol. The summed E-state index contributed by atoms with van der Waals surface area (Å²) in [6.07, 6.45) is 3.49. The molecular weight excluding hydrogens is 414 g/mol. The number of carbonyl (C=O) groups excluding carboxylic acids is 1. The number of aryl methyl sites for hydroxylation is 2. The van der Waals surface area contributed by atoms with Crippen molar-refractivity contribution in [3.05, 3.63) is 77.5 Å². The Labute approximate surface area is 181 Å². The number of ether oxygens (including phenoxy) is 1. The summed E-state index contributed by atoms with van der Waals surface area (Å²) in [5.74, 6) is 0.285. The topological polar surface area (TPSA) is 97.4 Å². The Balaban J connectivity index is 1.55. The van der Waals surface area contributed by atoms with E-state index in [1.165, 1.54) is 6.20 Å². The number of hydrogen-bond acceptors (Lipinski definition) is 5. The first-order valence-electron chi connectivity index (χ1n) is 9.96. The number of amides is 1. The molecule has 1 amide bonds. The molecule has 2 aromatic carbocycles. The minimum absolute atomic E-state index is 0.162. The van der Waals surface area contributed by atoms with Gasteiger partial charge in [-0.05, 0) is 62.6 Å². The Morgan fingerprint density at radius 2 is 1.87 bits per heavy atom. The lowest BCUT2D eigenvalue weighted by Crippen LogP contribution is -2.25. The van der Waals surface area contributed by atoms with Gasteiger partial charge in [0.15, 0.2) is 0 Å². The lowest BCUT2D eigenvalue weighted by Gasteiger charge is -2.13. The Morgan fingerprint density at radius 3 is 2.61 bits per heavy atom.